The predicted octanol–water partition coefficient (Wildman–Crippen LogP) is 5.56. The largest absolute Gasteiger partial charge is 0.334 e. The van der Waals surface area contributed by atoms with E-state index in [1.807, 2.05) is 37.3 Å². The van der Waals surface area contributed by atoms with E-state index < -0.39 is 0 Å². The van der Waals surface area contributed by atoms with Crippen LogP contribution in [-0.4, -0.2) is 31.7 Å². The molecule has 0 saturated carbocycles. The van der Waals surface area contributed by atoms with Crippen LogP contribution in [0, 0.1) is 5.92 Å². The van der Waals surface area contributed by atoms with E-state index in [4.69, 9.17) is 21.6 Å². The Balaban J connectivity index is 1.65. The van der Waals surface area contributed by atoms with Crippen molar-refractivity contribution < 1.29 is 0 Å². The molecular formula is C23H28ClN7. The molecule has 0 bridgehead atoms. The minimum Gasteiger partial charge on any atom is -0.334 e. The molecule has 4 rings (SSSR count). The summed E-state index contributed by atoms with van der Waals surface area (Å²) < 4.78 is 0. The van der Waals surface area contributed by atoms with Crippen LogP contribution >= 0.6 is 11.6 Å². The molecule has 1 fully saturated rings. The summed E-state index contributed by atoms with van der Waals surface area (Å²) in [7, 11) is 0. The van der Waals surface area contributed by atoms with Crippen LogP contribution in [0.3, 0.4) is 0 Å². The van der Waals surface area contributed by atoms with Gasteiger partial charge in [-0.15, -0.1) is 0 Å². The maximum atomic E-state index is 6.09. The van der Waals surface area contributed by atoms with Crippen LogP contribution in [0.4, 0.5) is 17.7 Å². The van der Waals surface area contributed by atoms with Gasteiger partial charge in [-0.25, -0.2) is 0 Å². The van der Waals surface area contributed by atoms with Gasteiger partial charge in [0.25, 0.3) is 0 Å². The van der Waals surface area contributed by atoms with E-state index in [0.29, 0.717) is 23.6 Å². The van der Waals surface area contributed by atoms with Gasteiger partial charge in [0, 0.05) is 24.1 Å². The molecule has 3 heterocycles. The van der Waals surface area contributed by atoms with Gasteiger partial charge in [0.2, 0.25) is 11.9 Å². The number of allylic oxidation sites excluding steroid dienone is 1. The van der Waals surface area contributed by atoms with Gasteiger partial charge in [-0.05, 0) is 49.5 Å². The van der Waals surface area contributed by atoms with Crippen molar-refractivity contribution in [3.8, 4) is 0 Å². The van der Waals surface area contributed by atoms with E-state index in [-0.39, 0.29) is 6.04 Å². The van der Waals surface area contributed by atoms with Crippen molar-refractivity contribution in [2.24, 2.45) is 5.92 Å². The van der Waals surface area contributed by atoms with E-state index >= 15 is 0 Å². The lowest BCUT2D eigenvalue weighted by Crippen LogP contribution is -2.26. The van der Waals surface area contributed by atoms with Crippen molar-refractivity contribution in [2.45, 2.75) is 46.1 Å². The lowest BCUT2D eigenvalue weighted by Gasteiger charge is -2.25. The van der Waals surface area contributed by atoms with E-state index in [1.54, 1.807) is 0 Å². The Labute approximate surface area is 188 Å². The summed E-state index contributed by atoms with van der Waals surface area (Å²) in [5.41, 5.74) is 2.15. The van der Waals surface area contributed by atoms with Gasteiger partial charge in [-0.2, -0.15) is 20.1 Å². The molecule has 31 heavy (non-hydrogen) atoms. The fraction of sp³-hybridized carbons (Fsp3) is 0.391. The van der Waals surface area contributed by atoms with Gasteiger partial charge in [0.15, 0.2) is 5.82 Å². The summed E-state index contributed by atoms with van der Waals surface area (Å²) in [6.07, 6.45) is 6.86. The zero-order valence-corrected chi connectivity index (χ0v) is 18.9. The fourth-order valence-corrected chi connectivity index (χ4v) is 3.99. The molecule has 1 aliphatic rings. The minimum absolute atomic E-state index is 0.228. The number of anilines is 3. The molecule has 162 valence electrons. The van der Waals surface area contributed by atoms with Crippen LogP contribution in [0.5, 0.6) is 0 Å². The number of H-pyrrole nitrogens is 1. The second-order valence-corrected chi connectivity index (χ2v) is 8.65. The first kappa shape index (κ1) is 21.3. The molecule has 0 aliphatic carbocycles. The highest BCUT2D eigenvalue weighted by Crippen LogP contribution is 2.35. The Bertz CT molecular complexity index is 1040. The topological polar surface area (TPSA) is 82.6 Å². The number of hydrogen-bond acceptors (Lipinski definition) is 6. The molecule has 0 amide bonds. The molecule has 3 aromatic rings. The first-order valence-electron chi connectivity index (χ1n) is 10.7. The number of halogens is 1. The zero-order chi connectivity index (χ0) is 21.8. The van der Waals surface area contributed by atoms with Crippen molar-refractivity contribution in [1.29, 1.82) is 0 Å². The molecule has 0 radical (unpaired) electrons. The van der Waals surface area contributed by atoms with Crippen LogP contribution in [0.15, 0.2) is 36.4 Å². The molecule has 7 nitrogen and oxygen atoms in total. The Kier molecular flexibility index (Phi) is 6.51. The summed E-state index contributed by atoms with van der Waals surface area (Å²) in [6.45, 7) is 7.21. The second kappa shape index (κ2) is 9.47. The quantitative estimate of drug-likeness (QED) is 0.503. The summed E-state index contributed by atoms with van der Waals surface area (Å²) in [6, 6.07) is 10.2. The van der Waals surface area contributed by atoms with Gasteiger partial charge in [0.1, 0.15) is 5.82 Å². The van der Waals surface area contributed by atoms with Crippen LogP contribution in [0.2, 0.25) is 5.02 Å². The number of rotatable bonds is 7. The predicted molar refractivity (Wildman–Crippen MR) is 126 cm³/mol. The van der Waals surface area contributed by atoms with Gasteiger partial charge in [-0.1, -0.05) is 43.7 Å². The average molecular weight is 438 g/mol. The standard InChI is InChI=1S/C23H28ClN7/c1-4-6-18-14-21(30-29-18)26-22-25-20(13-15(2)3)27-23(28-22)31-12-5-7-19(31)16-8-10-17(24)11-9-16/h4,6,8-11,14-15,19H,5,7,12-13H2,1-3H3,(H2,25,26,27,28,29,30)/b6-4+. The molecule has 1 aliphatic heterocycles. The Morgan fingerprint density at radius 1 is 1.23 bits per heavy atom. The van der Waals surface area contributed by atoms with E-state index in [2.05, 4.69) is 51.4 Å². The maximum absolute atomic E-state index is 6.09. The normalized spacial score (nSPS) is 16.5. The third kappa shape index (κ3) is 5.22. The number of aromatic amines is 1. The summed E-state index contributed by atoms with van der Waals surface area (Å²) in [4.78, 5) is 16.5. The average Bonchev–Trinajstić information content (AvgIpc) is 3.38. The van der Waals surface area contributed by atoms with Crippen molar-refractivity contribution in [2.75, 3.05) is 16.8 Å². The Morgan fingerprint density at radius 2 is 2.03 bits per heavy atom. The molecule has 1 unspecified atom stereocenters. The lowest BCUT2D eigenvalue weighted by molar-refractivity contribution is 0.613. The number of nitrogens with one attached hydrogen (secondary N) is 2. The Hall–Kier alpha value is -2.93. The van der Waals surface area contributed by atoms with Gasteiger partial charge < -0.3 is 10.2 Å². The third-order valence-corrected chi connectivity index (χ3v) is 5.46. The van der Waals surface area contributed by atoms with Gasteiger partial charge >= 0.3 is 0 Å². The molecule has 8 heteroatoms. The molecule has 1 aromatic carbocycles. The first-order valence-corrected chi connectivity index (χ1v) is 11.1. The first-order chi connectivity index (χ1) is 15.0. The van der Waals surface area contributed by atoms with Crippen molar-refractivity contribution in [3.05, 3.63) is 58.5 Å². The van der Waals surface area contributed by atoms with Crippen molar-refractivity contribution in [1.82, 2.24) is 25.1 Å². The molecule has 2 aromatic heterocycles. The highest BCUT2D eigenvalue weighted by atomic mass is 35.5. The second-order valence-electron chi connectivity index (χ2n) is 8.21. The number of aromatic nitrogens is 5. The summed E-state index contributed by atoms with van der Waals surface area (Å²) in [5, 5.41) is 11.3. The molecule has 1 saturated heterocycles. The van der Waals surface area contributed by atoms with Crippen LogP contribution < -0.4 is 10.2 Å². The monoisotopic (exact) mass is 437 g/mol. The molecular weight excluding hydrogens is 410 g/mol. The smallest absolute Gasteiger partial charge is 0.233 e. The van der Waals surface area contributed by atoms with E-state index in [9.17, 15) is 0 Å². The summed E-state index contributed by atoms with van der Waals surface area (Å²) in [5.74, 6) is 3.13. The van der Waals surface area contributed by atoms with E-state index in [0.717, 1.165) is 42.3 Å². The van der Waals surface area contributed by atoms with Crippen molar-refractivity contribution >= 4 is 35.4 Å². The van der Waals surface area contributed by atoms with Crippen LogP contribution in [0.25, 0.3) is 6.08 Å². The minimum atomic E-state index is 0.228. The number of hydrogen-bond donors (Lipinski definition) is 2. The van der Waals surface area contributed by atoms with Crippen LogP contribution in [-0.2, 0) is 6.42 Å². The van der Waals surface area contributed by atoms with Gasteiger partial charge in [-0.3, -0.25) is 5.10 Å². The summed E-state index contributed by atoms with van der Waals surface area (Å²) >= 11 is 6.09. The number of nitrogens with zero attached hydrogens (tertiary/aromatic N) is 5. The molecule has 1 atom stereocenters. The molecule has 2 N–H and O–H groups in total. The van der Waals surface area contributed by atoms with Crippen molar-refractivity contribution in [3.63, 3.8) is 0 Å². The maximum Gasteiger partial charge on any atom is 0.233 e. The van der Waals surface area contributed by atoms with Gasteiger partial charge in [0.05, 0.1) is 11.7 Å². The van der Waals surface area contributed by atoms with E-state index in [1.165, 1.54) is 5.56 Å². The Morgan fingerprint density at radius 3 is 2.77 bits per heavy atom. The SMILES string of the molecule is C/C=C/c1cc(Nc2nc(CC(C)C)nc(N3CCCC3c3ccc(Cl)cc3)n2)n[nH]1. The molecule has 0 spiro atoms. The third-order valence-electron chi connectivity index (χ3n) is 5.21. The fourth-order valence-electron chi connectivity index (χ4n) is 3.87. The van der Waals surface area contributed by atoms with Crippen LogP contribution in [0.1, 0.15) is 56.7 Å². The lowest BCUT2D eigenvalue weighted by atomic mass is 10.1. The zero-order valence-electron chi connectivity index (χ0n) is 18.1. The highest BCUT2D eigenvalue weighted by molar-refractivity contribution is 6.30. The highest BCUT2D eigenvalue weighted by Gasteiger charge is 2.29. The number of benzene rings is 1.